The first-order valence-corrected chi connectivity index (χ1v) is 8.83. The van der Waals surface area contributed by atoms with Crippen LogP contribution in [-0.4, -0.2) is 42.8 Å². The van der Waals surface area contributed by atoms with Crippen LogP contribution in [0.5, 0.6) is 0 Å². The molecular weight excluding hydrogens is 370 g/mol. The summed E-state index contributed by atoms with van der Waals surface area (Å²) in [4.78, 5) is 23.6. The predicted octanol–water partition coefficient (Wildman–Crippen LogP) is 1.91. The average Bonchev–Trinajstić information content (AvgIpc) is 3.04. The summed E-state index contributed by atoms with van der Waals surface area (Å²) in [6.07, 6.45) is 1.37. The van der Waals surface area contributed by atoms with E-state index >= 15 is 0 Å². The number of aliphatic carboxylic acids is 1. The minimum absolute atomic E-state index is 0.175. The van der Waals surface area contributed by atoms with Gasteiger partial charge in [0.05, 0.1) is 0 Å². The fraction of sp³-hybridized carbons (Fsp3) is 0.278. The van der Waals surface area contributed by atoms with Gasteiger partial charge in [0.2, 0.25) is 5.91 Å². The summed E-state index contributed by atoms with van der Waals surface area (Å²) < 4.78 is 1.54. The Kier molecular flexibility index (Phi) is 5.97. The number of aryl methyl sites for hydroxylation is 1. The van der Waals surface area contributed by atoms with E-state index in [-0.39, 0.29) is 18.7 Å². The number of nitrogens with one attached hydrogen (secondary N) is 1. The molecule has 2 heterocycles. The lowest BCUT2D eigenvalue weighted by Gasteiger charge is -2.14. The van der Waals surface area contributed by atoms with Gasteiger partial charge < -0.3 is 10.4 Å². The summed E-state index contributed by atoms with van der Waals surface area (Å²) in [5, 5.41) is 24.4. The number of benzene rings is 1. The monoisotopic (exact) mass is 387 g/mol. The van der Waals surface area contributed by atoms with Crippen molar-refractivity contribution in [1.82, 2.24) is 25.1 Å². The highest BCUT2D eigenvalue weighted by molar-refractivity contribution is 6.29. The molecule has 0 aliphatic heterocycles. The lowest BCUT2D eigenvalue weighted by Crippen LogP contribution is -2.42. The molecule has 9 heteroatoms. The Hall–Kier alpha value is -3.00. The quantitative estimate of drug-likeness (QED) is 0.611. The van der Waals surface area contributed by atoms with Gasteiger partial charge in [0.15, 0.2) is 11.5 Å². The van der Waals surface area contributed by atoms with Crippen molar-refractivity contribution in [1.29, 1.82) is 0 Å². The third-order valence-corrected chi connectivity index (χ3v) is 4.22. The molecule has 0 saturated carbocycles. The van der Waals surface area contributed by atoms with Crippen LogP contribution in [0.25, 0.3) is 5.65 Å². The number of hydrogen-bond donors (Lipinski definition) is 2. The molecule has 0 fully saturated rings. The highest BCUT2D eigenvalue weighted by atomic mass is 35.5. The molecule has 1 amide bonds. The number of amides is 1. The third-order valence-electron chi connectivity index (χ3n) is 4.02. The van der Waals surface area contributed by atoms with Gasteiger partial charge in [-0.25, -0.2) is 4.79 Å². The molecule has 2 N–H and O–H groups in total. The number of carbonyl (C=O) groups is 2. The number of aromatic nitrogens is 4. The van der Waals surface area contributed by atoms with Crippen LogP contribution >= 0.6 is 11.6 Å². The van der Waals surface area contributed by atoms with Gasteiger partial charge >= 0.3 is 5.97 Å². The first-order valence-electron chi connectivity index (χ1n) is 8.46. The highest BCUT2D eigenvalue weighted by Crippen LogP contribution is 2.10. The van der Waals surface area contributed by atoms with Gasteiger partial charge in [0.25, 0.3) is 0 Å². The van der Waals surface area contributed by atoms with Crippen molar-refractivity contribution in [3.8, 4) is 0 Å². The standard InChI is InChI=1S/C18H18ClN5O3/c19-14-9-10-16-22-21-15(24(16)23-14)7-4-8-17(25)20-13(18(26)27)11-12-5-2-1-3-6-12/h1-3,5-6,9-10,13H,4,7-8,11H2,(H,20,25)(H,26,27)/t13-/m0/s1. The molecule has 0 aliphatic rings. The van der Waals surface area contributed by atoms with Crippen LogP contribution in [0, 0.1) is 0 Å². The number of carbonyl (C=O) groups excluding carboxylic acids is 1. The predicted molar refractivity (Wildman–Crippen MR) is 98.4 cm³/mol. The molecule has 1 atom stereocenters. The molecule has 0 bridgehead atoms. The molecule has 3 aromatic rings. The van der Waals surface area contributed by atoms with E-state index in [1.165, 1.54) is 4.52 Å². The first-order chi connectivity index (χ1) is 13.0. The number of rotatable bonds is 8. The third kappa shape index (κ3) is 5.01. The summed E-state index contributed by atoms with van der Waals surface area (Å²) in [6, 6.07) is 11.6. The summed E-state index contributed by atoms with van der Waals surface area (Å²) >= 11 is 5.88. The maximum atomic E-state index is 12.1. The van der Waals surface area contributed by atoms with Gasteiger partial charge in [0, 0.05) is 19.3 Å². The molecule has 0 saturated heterocycles. The second-order valence-corrected chi connectivity index (χ2v) is 6.43. The van der Waals surface area contributed by atoms with Crippen molar-refractivity contribution in [3.63, 3.8) is 0 Å². The van der Waals surface area contributed by atoms with Gasteiger partial charge in [-0.05, 0) is 24.1 Å². The zero-order chi connectivity index (χ0) is 19.2. The van der Waals surface area contributed by atoms with E-state index in [4.69, 9.17) is 11.6 Å². The van der Waals surface area contributed by atoms with Gasteiger partial charge in [-0.1, -0.05) is 41.9 Å². The smallest absolute Gasteiger partial charge is 0.326 e. The maximum absolute atomic E-state index is 12.1. The zero-order valence-corrected chi connectivity index (χ0v) is 15.1. The lowest BCUT2D eigenvalue weighted by atomic mass is 10.1. The average molecular weight is 388 g/mol. The Morgan fingerprint density at radius 1 is 1.15 bits per heavy atom. The Bertz CT molecular complexity index is 945. The molecule has 1 aromatic carbocycles. The Labute approximate surface area is 160 Å². The molecule has 27 heavy (non-hydrogen) atoms. The van der Waals surface area contributed by atoms with Crippen molar-refractivity contribution >= 4 is 29.1 Å². The topological polar surface area (TPSA) is 109 Å². The molecule has 3 rings (SSSR count). The minimum atomic E-state index is -1.06. The van der Waals surface area contributed by atoms with E-state index in [0.29, 0.717) is 29.5 Å². The van der Waals surface area contributed by atoms with Gasteiger partial charge in [-0.3, -0.25) is 4.79 Å². The van der Waals surface area contributed by atoms with Crippen LogP contribution < -0.4 is 5.32 Å². The van der Waals surface area contributed by atoms with Crippen LogP contribution in [0.1, 0.15) is 24.2 Å². The Morgan fingerprint density at radius 2 is 1.93 bits per heavy atom. The summed E-state index contributed by atoms with van der Waals surface area (Å²) in [5.41, 5.74) is 1.43. The molecule has 0 aliphatic carbocycles. The fourth-order valence-corrected chi connectivity index (χ4v) is 2.83. The normalized spacial score (nSPS) is 12.0. The fourth-order valence-electron chi connectivity index (χ4n) is 2.69. The summed E-state index contributed by atoms with van der Waals surface area (Å²) in [7, 11) is 0. The molecule has 0 spiro atoms. The zero-order valence-electron chi connectivity index (χ0n) is 14.4. The largest absolute Gasteiger partial charge is 0.480 e. The molecule has 0 unspecified atom stereocenters. The second kappa shape index (κ2) is 8.59. The van der Waals surface area contributed by atoms with Gasteiger partial charge in [-0.15, -0.1) is 10.2 Å². The maximum Gasteiger partial charge on any atom is 0.326 e. The van der Waals surface area contributed by atoms with Crippen LogP contribution in [0.4, 0.5) is 0 Å². The van der Waals surface area contributed by atoms with E-state index in [0.717, 1.165) is 5.56 Å². The highest BCUT2D eigenvalue weighted by Gasteiger charge is 2.20. The van der Waals surface area contributed by atoms with Crippen molar-refractivity contribution in [2.45, 2.75) is 31.7 Å². The Morgan fingerprint density at radius 3 is 2.67 bits per heavy atom. The number of halogens is 1. The SMILES string of the molecule is O=C(CCCc1nnc2ccc(Cl)nn12)N[C@@H](Cc1ccccc1)C(=O)O. The van der Waals surface area contributed by atoms with E-state index in [1.807, 2.05) is 30.3 Å². The molecule has 8 nitrogen and oxygen atoms in total. The van der Waals surface area contributed by atoms with Crippen LogP contribution in [0.2, 0.25) is 5.15 Å². The number of carboxylic acids is 1. The molecule has 2 aromatic heterocycles. The van der Waals surface area contributed by atoms with Crippen LogP contribution in [-0.2, 0) is 22.4 Å². The van der Waals surface area contributed by atoms with E-state index in [9.17, 15) is 14.7 Å². The molecule has 0 radical (unpaired) electrons. The van der Waals surface area contributed by atoms with Crippen molar-refractivity contribution in [3.05, 3.63) is 59.0 Å². The molecule has 140 valence electrons. The van der Waals surface area contributed by atoms with E-state index in [2.05, 4.69) is 20.6 Å². The van der Waals surface area contributed by atoms with E-state index < -0.39 is 12.0 Å². The number of hydrogen-bond acceptors (Lipinski definition) is 5. The summed E-state index contributed by atoms with van der Waals surface area (Å²) in [6.45, 7) is 0. The van der Waals surface area contributed by atoms with E-state index in [1.54, 1.807) is 12.1 Å². The van der Waals surface area contributed by atoms with Crippen molar-refractivity contribution in [2.24, 2.45) is 0 Å². The number of fused-ring (bicyclic) bond motifs is 1. The van der Waals surface area contributed by atoms with Gasteiger partial charge in [0.1, 0.15) is 11.2 Å². The summed E-state index contributed by atoms with van der Waals surface area (Å²) in [5.74, 6) is -0.785. The van der Waals surface area contributed by atoms with Gasteiger partial charge in [-0.2, -0.15) is 9.61 Å². The first kappa shape index (κ1) is 18.8. The Balaban J connectivity index is 1.53. The second-order valence-electron chi connectivity index (χ2n) is 6.04. The number of nitrogens with zero attached hydrogens (tertiary/aromatic N) is 4. The lowest BCUT2D eigenvalue weighted by molar-refractivity contribution is -0.141. The van der Waals surface area contributed by atoms with Crippen LogP contribution in [0.3, 0.4) is 0 Å². The van der Waals surface area contributed by atoms with Crippen molar-refractivity contribution in [2.75, 3.05) is 0 Å². The van der Waals surface area contributed by atoms with Crippen LogP contribution in [0.15, 0.2) is 42.5 Å². The van der Waals surface area contributed by atoms with Crippen molar-refractivity contribution < 1.29 is 14.7 Å². The molecular formula is C18H18ClN5O3. The number of carboxylic acid groups (broad SMARTS) is 1. The minimum Gasteiger partial charge on any atom is -0.480 e.